The van der Waals surface area contributed by atoms with Crippen LogP contribution >= 0.6 is 0 Å². The highest BCUT2D eigenvalue weighted by molar-refractivity contribution is 5.79. The van der Waals surface area contributed by atoms with Gasteiger partial charge in [0.05, 0.1) is 0 Å². The Morgan fingerprint density at radius 3 is 1.44 bits per heavy atom. The van der Waals surface area contributed by atoms with Gasteiger partial charge in [-0.25, -0.2) is 4.79 Å². The Morgan fingerprint density at radius 2 is 1.08 bits per heavy atom. The summed E-state index contributed by atoms with van der Waals surface area (Å²) in [7, 11) is 0. The summed E-state index contributed by atoms with van der Waals surface area (Å²) in [6.07, 6.45) is 26.5. The molecule has 0 rings (SSSR count). The van der Waals surface area contributed by atoms with Crippen molar-refractivity contribution in [2.75, 3.05) is 0 Å². The summed E-state index contributed by atoms with van der Waals surface area (Å²) < 4.78 is 0. The van der Waals surface area contributed by atoms with E-state index in [1.807, 2.05) is 6.08 Å². The molecule has 0 aromatic heterocycles. The van der Waals surface area contributed by atoms with Gasteiger partial charge in [-0.15, -0.1) is 0 Å². The van der Waals surface area contributed by atoms with E-state index in [9.17, 15) is 4.79 Å². The van der Waals surface area contributed by atoms with Crippen molar-refractivity contribution in [3.05, 3.63) is 12.2 Å². The van der Waals surface area contributed by atoms with Crippen molar-refractivity contribution in [2.45, 2.75) is 123 Å². The fourth-order valence-electron chi connectivity index (χ4n) is 3.36. The van der Waals surface area contributed by atoms with Gasteiger partial charge in [0.15, 0.2) is 0 Å². The highest BCUT2D eigenvalue weighted by Gasteiger charge is 1.99. The second-order valence-corrected chi connectivity index (χ2v) is 7.77. The van der Waals surface area contributed by atoms with Crippen molar-refractivity contribution >= 4 is 5.97 Å². The van der Waals surface area contributed by atoms with Gasteiger partial charge >= 0.3 is 5.97 Å². The molecule has 0 aromatic carbocycles. The Balaban J connectivity index is 3.13. The summed E-state index contributed by atoms with van der Waals surface area (Å²) in [6, 6.07) is 0. The molecule has 0 spiro atoms. The van der Waals surface area contributed by atoms with Gasteiger partial charge in [-0.05, 0) is 12.3 Å². The third-order valence-electron chi connectivity index (χ3n) is 5.08. The van der Waals surface area contributed by atoms with Crippen molar-refractivity contribution in [2.24, 2.45) is 5.92 Å². The second-order valence-electron chi connectivity index (χ2n) is 7.77. The summed E-state index contributed by atoms with van der Waals surface area (Å²) in [4.78, 5) is 10.4. The SMILES string of the molecule is CCCCCCCCCCCCCCCCCCC(C)C=CC(=O)O. The molecule has 0 radical (unpaired) electrons. The van der Waals surface area contributed by atoms with Crippen molar-refractivity contribution in [3.8, 4) is 0 Å². The van der Waals surface area contributed by atoms with E-state index >= 15 is 0 Å². The second kappa shape index (κ2) is 19.5. The standard InChI is InChI=1S/C23H44O2/c1-3-4-5-6-7-8-9-10-11-12-13-14-15-16-17-18-19-22(2)20-21-23(24)25/h20-22H,3-19H2,1-2H3,(H,24,25). The number of carboxylic acid groups (broad SMARTS) is 1. The van der Waals surface area contributed by atoms with Gasteiger partial charge in [-0.2, -0.15) is 0 Å². The molecule has 0 aliphatic rings. The highest BCUT2D eigenvalue weighted by Crippen LogP contribution is 2.15. The summed E-state index contributed by atoms with van der Waals surface area (Å²) in [5.41, 5.74) is 0. The maximum absolute atomic E-state index is 10.4. The molecule has 1 N–H and O–H groups in total. The van der Waals surface area contributed by atoms with Crippen molar-refractivity contribution in [1.82, 2.24) is 0 Å². The zero-order valence-corrected chi connectivity index (χ0v) is 17.1. The van der Waals surface area contributed by atoms with Crippen LogP contribution in [0.4, 0.5) is 0 Å². The Bertz CT molecular complexity index is 309. The summed E-state index contributed by atoms with van der Waals surface area (Å²) in [5.74, 6) is -0.443. The molecule has 0 saturated carbocycles. The summed E-state index contributed by atoms with van der Waals surface area (Å²) >= 11 is 0. The molecule has 0 heterocycles. The maximum Gasteiger partial charge on any atom is 0.327 e. The number of allylic oxidation sites excluding steroid dienone is 1. The number of unbranched alkanes of at least 4 members (excludes halogenated alkanes) is 15. The van der Waals surface area contributed by atoms with Gasteiger partial charge < -0.3 is 5.11 Å². The number of carboxylic acids is 1. The van der Waals surface area contributed by atoms with Crippen molar-refractivity contribution in [1.29, 1.82) is 0 Å². The molecule has 2 heteroatoms. The van der Waals surface area contributed by atoms with E-state index in [0.29, 0.717) is 5.92 Å². The fourth-order valence-corrected chi connectivity index (χ4v) is 3.36. The summed E-state index contributed by atoms with van der Waals surface area (Å²) in [5, 5.41) is 8.59. The zero-order valence-electron chi connectivity index (χ0n) is 17.1. The van der Waals surface area contributed by atoms with Gasteiger partial charge in [0, 0.05) is 6.08 Å². The first kappa shape index (κ1) is 24.2. The molecular formula is C23H44O2. The Kier molecular flexibility index (Phi) is 18.9. The molecule has 1 atom stereocenters. The fraction of sp³-hybridized carbons (Fsp3) is 0.870. The van der Waals surface area contributed by atoms with E-state index in [4.69, 9.17) is 5.11 Å². The quantitative estimate of drug-likeness (QED) is 0.189. The van der Waals surface area contributed by atoms with Gasteiger partial charge in [0.1, 0.15) is 0 Å². The van der Waals surface area contributed by atoms with Crippen LogP contribution in [0, 0.1) is 5.92 Å². The maximum atomic E-state index is 10.4. The van der Waals surface area contributed by atoms with Crippen LogP contribution in [-0.4, -0.2) is 11.1 Å². The first-order valence-electron chi connectivity index (χ1n) is 11.1. The monoisotopic (exact) mass is 352 g/mol. The average molecular weight is 353 g/mol. The van der Waals surface area contributed by atoms with Crippen LogP contribution in [0.1, 0.15) is 123 Å². The molecule has 0 aliphatic heterocycles. The van der Waals surface area contributed by atoms with E-state index in [-0.39, 0.29) is 0 Å². The number of carbonyl (C=O) groups is 1. The van der Waals surface area contributed by atoms with E-state index < -0.39 is 5.97 Å². The number of hydrogen-bond donors (Lipinski definition) is 1. The highest BCUT2D eigenvalue weighted by atomic mass is 16.4. The molecule has 0 amide bonds. The van der Waals surface area contributed by atoms with Gasteiger partial charge in [0.25, 0.3) is 0 Å². The molecule has 0 saturated heterocycles. The lowest BCUT2D eigenvalue weighted by Crippen LogP contribution is -1.93. The van der Waals surface area contributed by atoms with Gasteiger partial charge in [-0.3, -0.25) is 0 Å². The van der Waals surface area contributed by atoms with Gasteiger partial charge in [0.2, 0.25) is 0 Å². The first-order valence-corrected chi connectivity index (χ1v) is 11.1. The van der Waals surface area contributed by atoms with Crippen LogP contribution in [0.3, 0.4) is 0 Å². The summed E-state index contributed by atoms with van der Waals surface area (Å²) in [6.45, 7) is 4.38. The lowest BCUT2D eigenvalue weighted by Gasteiger charge is -2.06. The van der Waals surface area contributed by atoms with Crippen molar-refractivity contribution in [3.63, 3.8) is 0 Å². The minimum absolute atomic E-state index is 0.391. The normalized spacial score (nSPS) is 12.7. The largest absolute Gasteiger partial charge is 0.478 e. The Hall–Kier alpha value is -0.790. The van der Waals surface area contributed by atoms with Gasteiger partial charge in [-0.1, -0.05) is 123 Å². The van der Waals surface area contributed by atoms with E-state index in [1.54, 1.807) is 0 Å². The van der Waals surface area contributed by atoms with Crippen molar-refractivity contribution < 1.29 is 9.90 Å². The number of hydrogen-bond acceptors (Lipinski definition) is 1. The lowest BCUT2D eigenvalue weighted by molar-refractivity contribution is -0.131. The third-order valence-corrected chi connectivity index (χ3v) is 5.08. The first-order chi connectivity index (χ1) is 12.2. The van der Waals surface area contributed by atoms with Crippen LogP contribution < -0.4 is 0 Å². The third kappa shape index (κ3) is 21.2. The smallest absolute Gasteiger partial charge is 0.327 e. The molecule has 25 heavy (non-hydrogen) atoms. The predicted molar refractivity (Wildman–Crippen MR) is 110 cm³/mol. The van der Waals surface area contributed by atoms with Crippen LogP contribution in [0.25, 0.3) is 0 Å². The minimum atomic E-state index is -0.834. The predicted octanol–water partition coefficient (Wildman–Crippen LogP) is 7.91. The van der Waals surface area contributed by atoms with Crippen LogP contribution in [-0.2, 0) is 4.79 Å². The Labute approximate surface area is 157 Å². The molecule has 2 nitrogen and oxygen atoms in total. The minimum Gasteiger partial charge on any atom is -0.478 e. The van der Waals surface area contributed by atoms with Crippen LogP contribution in [0.15, 0.2) is 12.2 Å². The van der Waals surface area contributed by atoms with E-state index in [0.717, 1.165) is 6.42 Å². The molecular weight excluding hydrogens is 308 g/mol. The molecule has 0 fully saturated rings. The number of rotatable bonds is 19. The van der Waals surface area contributed by atoms with E-state index in [2.05, 4.69) is 13.8 Å². The lowest BCUT2D eigenvalue weighted by atomic mass is 10.0. The number of aliphatic carboxylic acids is 1. The molecule has 0 aromatic rings. The molecule has 148 valence electrons. The average Bonchev–Trinajstić information content (AvgIpc) is 2.59. The van der Waals surface area contributed by atoms with Crippen LogP contribution in [0.2, 0.25) is 0 Å². The van der Waals surface area contributed by atoms with Crippen LogP contribution in [0.5, 0.6) is 0 Å². The molecule has 0 bridgehead atoms. The Morgan fingerprint density at radius 1 is 0.720 bits per heavy atom. The molecule has 0 aliphatic carbocycles. The molecule has 1 unspecified atom stereocenters. The topological polar surface area (TPSA) is 37.3 Å². The zero-order chi connectivity index (χ0) is 18.6. The van der Waals surface area contributed by atoms with E-state index in [1.165, 1.54) is 109 Å².